The highest BCUT2D eigenvalue weighted by Crippen LogP contribution is 2.33. The van der Waals surface area contributed by atoms with Crippen molar-refractivity contribution in [2.75, 3.05) is 11.9 Å². The first-order chi connectivity index (χ1) is 8.25. The summed E-state index contributed by atoms with van der Waals surface area (Å²) in [4.78, 5) is 12.2. The summed E-state index contributed by atoms with van der Waals surface area (Å²) in [6.07, 6.45) is 5.52. The van der Waals surface area contributed by atoms with E-state index in [4.69, 9.17) is 0 Å². The van der Waals surface area contributed by atoms with Crippen molar-refractivity contribution in [3.8, 4) is 0 Å². The van der Waals surface area contributed by atoms with Crippen LogP contribution in [0, 0.1) is 5.92 Å². The van der Waals surface area contributed by atoms with Crippen LogP contribution in [0.5, 0.6) is 0 Å². The minimum Gasteiger partial charge on any atom is -0.325 e. The van der Waals surface area contributed by atoms with Gasteiger partial charge in [0.2, 0.25) is 5.91 Å². The first kappa shape index (κ1) is 12.6. The second kappa shape index (κ2) is 6.17. The molecule has 1 heterocycles. The van der Waals surface area contributed by atoms with Crippen LogP contribution in [-0.4, -0.2) is 12.5 Å². The molecule has 1 aliphatic carbocycles. The highest BCUT2D eigenvalue weighted by atomic mass is 32.1. The normalized spacial score (nSPS) is 14.9. The Morgan fingerprint density at radius 1 is 1.53 bits per heavy atom. The van der Waals surface area contributed by atoms with Gasteiger partial charge in [0.15, 0.2) is 0 Å². The van der Waals surface area contributed by atoms with E-state index in [2.05, 4.69) is 10.6 Å². The predicted octanol–water partition coefficient (Wildman–Crippen LogP) is 2.99. The lowest BCUT2D eigenvalue weighted by Crippen LogP contribution is -2.15. The number of hydrogen-bond donors (Lipinski definition) is 2. The van der Waals surface area contributed by atoms with E-state index in [9.17, 15) is 4.79 Å². The van der Waals surface area contributed by atoms with Crippen molar-refractivity contribution in [2.24, 2.45) is 5.92 Å². The van der Waals surface area contributed by atoms with Crippen molar-refractivity contribution in [2.45, 2.75) is 39.2 Å². The molecule has 1 fully saturated rings. The molecule has 0 saturated heterocycles. The minimum absolute atomic E-state index is 0.00150. The van der Waals surface area contributed by atoms with Crippen LogP contribution < -0.4 is 10.6 Å². The lowest BCUT2D eigenvalue weighted by atomic mass is 10.2. The van der Waals surface area contributed by atoms with E-state index in [1.165, 1.54) is 30.6 Å². The second-order valence-electron chi connectivity index (χ2n) is 4.70. The number of rotatable bonds is 7. The summed E-state index contributed by atoms with van der Waals surface area (Å²) in [7, 11) is 0. The van der Waals surface area contributed by atoms with E-state index in [-0.39, 0.29) is 5.91 Å². The highest BCUT2D eigenvalue weighted by molar-refractivity contribution is 7.10. The van der Waals surface area contributed by atoms with E-state index >= 15 is 0 Å². The van der Waals surface area contributed by atoms with Gasteiger partial charge in [-0.05, 0) is 36.8 Å². The Labute approximate surface area is 107 Å². The predicted molar refractivity (Wildman–Crippen MR) is 72.3 cm³/mol. The SMILES string of the molecule is CC(=O)Nc1ccsc1CNCCCC1CC1. The van der Waals surface area contributed by atoms with Crippen molar-refractivity contribution >= 4 is 22.9 Å². The van der Waals surface area contributed by atoms with Gasteiger partial charge in [0.1, 0.15) is 0 Å². The highest BCUT2D eigenvalue weighted by Gasteiger charge is 2.19. The third-order valence-corrected chi connectivity index (χ3v) is 3.93. The van der Waals surface area contributed by atoms with Crippen LogP contribution in [0.15, 0.2) is 11.4 Å². The molecule has 1 saturated carbocycles. The fourth-order valence-corrected chi connectivity index (χ4v) is 2.70. The molecule has 1 aromatic heterocycles. The summed E-state index contributed by atoms with van der Waals surface area (Å²) in [6.45, 7) is 3.48. The van der Waals surface area contributed by atoms with Gasteiger partial charge >= 0.3 is 0 Å². The Kier molecular flexibility index (Phi) is 4.57. The molecule has 1 amide bonds. The molecule has 0 spiro atoms. The molecule has 0 atom stereocenters. The topological polar surface area (TPSA) is 41.1 Å². The smallest absolute Gasteiger partial charge is 0.221 e. The molecule has 0 aromatic carbocycles. The zero-order valence-electron chi connectivity index (χ0n) is 10.3. The van der Waals surface area contributed by atoms with Crippen LogP contribution in [0.25, 0.3) is 0 Å². The first-order valence-corrected chi connectivity index (χ1v) is 7.18. The van der Waals surface area contributed by atoms with Gasteiger partial charge in [-0.25, -0.2) is 0 Å². The third kappa shape index (κ3) is 4.48. The van der Waals surface area contributed by atoms with Crippen LogP contribution in [0.2, 0.25) is 0 Å². The molecular formula is C13H20N2OS. The van der Waals surface area contributed by atoms with Gasteiger partial charge in [-0.1, -0.05) is 12.8 Å². The van der Waals surface area contributed by atoms with Gasteiger partial charge in [-0.2, -0.15) is 0 Å². The zero-order valence-corrected chi connectivity index (χ0v) is 11.1. The maximum Gasteiger partial charge on any atom is 0.221 e. The number of carbonyl (C=O) groups is 1. The van der Waals surface area contributed by atoms with Crippen LogP contribution in [-0.2, 0) is 11.3 Å². The average Bonchev–Trinajstić information content (AvgIpc) is 3.00. The van der Waals surface area contributed by atoms with Crippen molar-refractivity contribution in [3.05, 3.63) is 16.3 Å². The molecule has 17 heavy (non-hydrogen) atoms. The largest absolute Gasteiger partial charge is 0.325 e. The van der Waals surface area contributed by atoms with Crippen LogP contribution >= 0.6 is 11.3 Å². The molecule has 1 aliphatic rings. The molecule has 0 aliphatic heterocycles. The Morgan fingerprint density at radius 2 is 2.35 bits per heavy atom. The first-order valence-electron chi connectivity index (χ1n) is 6.30. The maximum absolute atomic E-state index is 11.0. The molecule has 4 heteroatoms. The summed E-state index contributed by atoms with van der Waals surface area (Å²) in [5, 5.41) is 8.32. The summed E-state index contributed by atoms with van der Waals surface area (Å²) in [6, 6.07) is 1.97. The fraction of sp³-hybridized carbons (Fsp3) is 0.615. The Balaban J connectivity index is 1.66. The lowest BCUT2D eigenvalue weighted by Gasteiger charge is -2.06. The van der Waals surface area contributed by atoms with Crippen molar-refractivity contribution in [1.82, 2.24) is 5.32 Å². The second-order valence-corrected chi connectivity index (χ2v) is 5.70. The number of nitrogens with one attached hydrogen (secondary N) is 2. The molecular weight excluding hydrogens is 232 g/mol. The zero-order chi connectivity index (χ0) is 12.1. The molecule has 1 aromatic rings. The van der Waals surface area contributed by atoms with Crippen molar-refractivity contribution < 1.29 is 4.79 Å². The van der Waals surface area contributed by atoms with E-state index in [0.717, 1.165) is 24.7 Å². The van der Waals surface area contributed by atoms with Gasteiger partial charge in [0.05, 0.1) is 5.69 Å². The number of carbonyl (C=O) groups excluding carboxylic acids is 1. The van der Waals surface area contributed by atoms with Gasteiger partial charge in [0, 0.05) is 18.3 Å². The molecule has 3 nitrogen and oxygen atoms in total. The van der Waals surface area contributed by atoms with E-state index in [0.29, 0.717) is 0 Å². The molecule has 0 unspecified atom stereocenters. The van der Waals surface area contributed by atoms with E-state index < -0.39 is 0 Å². The van der Waals surface area contributed by atoms with Crippen molar-refractivity contribution in [3.63, 3.8) is 0 Å². The summed E-state index contributed by atoms with van der Waals surface area (Å²) < 4.78 is 0. The number of amides is 1. The monoisotopic (exact) mass is 252 g/mol. The van der Waals surface area contributed by atoms with Crippen molar-refractivity contribution in [1.29, 1.82) is 0 Å². The minimum atomic E-state index is -0.00150. The number of hydrogen-bond acceptors (Lipinski definition) is 3. The average molecular weight is 252 g/mol. The Hall–Kier alpha value is -0.870. The quantitative estimate of drug-likeness (QED) is 0.732. The van der Waals surface area contributed by atoms with Crippen LogP contribution in [0.1, 0.15) is 37.5 Å². The van der Waals surface area contributed by atoms with Gasteiger partial charge in [-0.3, -0.25) is 4.79 Å². The van der Waals surface area contributed by atoms with Gasteiger partial charge < -0.3 is 10.6 Å². The molecule has 94 valence electrons. The summed E-state index contributed by atoms with van der Waals surface area (Å²) in [5.41, 5.74) is 0.956. The number of thiophene rings is 1. The standard InChI is InChI=1S/C13H20N2OS/c1-10(16)15-12-6-8-17-13(12)9-14-7-2-3-11-4-5-11/h6,8,11,14H,2-5,7,9H2,1H3,(H,15,16). The molecule has 2 N–H and O–H groups in total. The molecule has 0 bridgehead atoms. The van der Waals surface area contributed by atoms with Gasteiger partial charge in [0.25, 0.3) is 0 Å². The summed E-state index contributed by atoms with van der Waals surface area (Å²) >= 11 is 1.69. The van der Waals surface area contributed by atoms with Gasteiger partial charge in [-0.15, -0.1) is 11.3 Å². The summed E-state index contributed by atoms with van der Waals surface area (Å²) in [5.74, 6) is 1.02. The Morgan fingerprint density at radius 3 is 3.06 bits per heavy atom. The Bertz CT molecular complexity index is 371. The van der Waals surface area contributed by atoms with E-state index in [1.807, 2.05) is 11.4 Å². The van der Waals surface area contributed by atoms with Crippen LogP contribution in [0.4, 0.5) is 5.69 Å². The fourth-order valence-electron chi connectivity index (χ4n) is 1.90. The van der Waals surface area contributed by atoms with Crippen LogP contribution in [0.3, 0.4) is 0 Å². The maximum atomic E-state index is 11.0. The number of anilines is 1. The molecule has 0 radical (unpaired) electrons. The lowest BCUT2D eigenvalue weighted by molar-refractivity contribution is -0.114. The third-order valence-electron chi connectivity index (χ3n) is 3.00. The molecule has 2 rings (SSSR count). The van der Waals surface area contributed by atoms with E-state index in [1.54, 1.807) is 18.3 Å².